The monoisotopic (exact) mass is 536 g/mol. The Hall–Kier alpha value is -2.65. The molecule has 1 saturated carbocycles. The van der Waals surface area contributed by atoms with E-state index >= 15 is 0 Å². The van der Waals surface area contributed by atoms with Crippen molar-refractivity contribution < 1.29 is 28.7 Å². The first-order chi connectivity index (χ1) is 17.4. The van der Waals surface area contributed by atoms with E-state index in [4.69, 9.17) is 4.74 Å². The fourth-order valence-corrected chi connectivity index (χ4v) is 5.35. The van der Waals surface area contributed by atoms with Crippen molar-refractivity contribution in [3.63, 3.8) is 0 Å². The highest BCUT2D eigenvalue weighted by Crippen LogP contribution is 2.65. The summed E-state index contributed by atoms with van der Waals surface area (Å²) in [5.41, 5.74) is -1.53. The van der Waals surface area contributed by atoms with Crippen LogP contribution >= 0.6 is 0 Å². The Morgan fingerprint density at radius 3 is 2.08 bits per heavy atom. The van der Waals surface area contributed by atoms with E-state index in [9.17, 15) is 24.0 Å². The van der Waals surface area contributed by atoms with Crippen LogP contribution in [0.2, 0.25) is 0 Å². The molecule has 2 aliphatic rings. The predicted molar refractivity (Wildman–Crippen MR) is 144 cm³/mol. The number of ether oxygens (including phenoxy) is 1. The molecule has 0 radical (unpaired) electrons. The third kappa shape index (κ3) is 7.26. The lowest BCUT2D eigenvalue weighted by Crippen LogP contribution is -2.60. The first kappa shape index (κ1) is 31.6. The van der Waals surface area contributed by atoms with Crippen LogP contribution in [-0.4, -0.2) is 71.3 Å². The summed E-state index contributed by atoms with van der Waals surface area (Å²) in [7, 11) is 0. The highest BCUT2D eigenvalue weighted by atomic mass is 16.6. The molecule has 10 heteroatoms. The number of carbonyl (C=O) groups excluding carboxylic acids is 5. The molecule has 0 aromatic heterocycles. The summed E-state index contributed by atoms with van der Waals surface area (Å²) in [4.78, 5) is 66.9. The largest absolute Gasteiger partial charge is 0.444 e. The van der Waals surface area contributed by atoms with Crippen molar-refractivity contribution >= 4 is 29.6 Å². The number of hydrogen-bond donors (Lipinski definition) is 3. The van der Waals surface area contributed by atoms with Crippen molar-refractivity contribution in [2.75, 3.05) is 13.1 Å². The normalized spacial score (nSPS) is 23.5. The number of Topliss-reactive ketones (excluding diaryl/α,β-unsaturated/α-hetero) is 1. The van der Waals surface area contributed by atoms with Gasteiger partial charge in [0, 0.05) is 13.1 Å². The number of ketones is 1. The minimum absolute atomic E-state index is 0.0834. The SMILES string of the molecule is CCCNC(=O)C(=O)C(CCC)NC(=O)[C@@H]1[C@@H]2[C@H](CN1C(=O)[C@@H](NC(=O)OC(C)(C)C)C(C)(C)C)C2(C)C. The summed E-state index contributed by atoms with van der Waals surface area (Å²) >= 11 is 0. The third-order valence-electron chi connectivity index (χ3n) is 7.50. The number of alkyl carbamates (subject to hydrolysis) is 1. The standard InChI is InChI=1S/C28H48N4O6/c1-11-13-17(20(33)23(35)29-14-12-2)30-22(34)19-18-16(28(18,9)10)15-32(19)24(36)21(26(3,4)5)31-25(37)38-27(6,7)8/h16-19,21H,11-15H2,1-10H3,(H,29,35)(H,30,34)(H,31,37)/t16-,17?,18-,19-,21+/m0/s1. The molecule has 216 valence electrons. The van der Waals surface area contributed by atoms with Gasteiger partial charge >= 0.3 is 6.09 Å². The minimum atomic E-state index is -0.972. The summed E-state index contributed by atoms with van der Waals surface area (Å²) in [5.74, 6) is -2.18. The minimum Gasteiger partial charge on any atom is -0.444 e. The number of piperidine rings is 1. The number of fused-ring (bicyclic) bond motifs is 1. The summed E-state index contributed by atoms with van der Waals surface area (Å²) in [6.07, 6.45) is 0.887. The lowest BCUT2D eigenvalue weighted by Gasteiger charge is -2.38. The quantitative estimate of drug-likeness (QED) is 0.368. The Kier molecular flexibility index (Phi) is 9.65. The van der Waals surface area contributed by atoms with Gasteiger partial charge in [-0.3, -0.25) is 19.2 Å². The van der Waals surface area contributed by atoms with Crippen LogP contribution < -0.4 is 16.0 Å². The van der Waals surface area contributed by atoms with Gasteiger partial charge in [-0.25, -0.2) is 4.79 Å². The van der Waals surface area contributed by atoms with Crippen molar-refractivity contribution in [2.24, 2.45) is 22.7 Å². The number of amides is 4. The second-order valence-electron chi connectivity index (χ2n) is 13.3. The zero-order valence-electron chi connectivity index (χ0n) is 24.8. The Labute approximate surface area is 227 Å². The van der Waals surface area contributed by atoms with E-state index in [1.807, 2.05) is 34.6 Å². The van der Waals surface area contributed by atoms with Crippen LogP contribution in [-0.2, 0) is 23.9 Å². The van der Waals surface area contributed by atoms with Gasteiger partial charge in [0.2, 0.25) is 17.6 Å². The fourth-order valence-electron chi connectivity index (χ4n) is 5.35. The molecule has 2 fully saturated rings. The summed E-state index contributed by atoms with van der Waals surface area (Å²) < 4.78 is 5.39. The van der Waals surface area contributed by atoms with Crippen LogP contribution in [0.3, 0.4) is 0 Å². The topological polar surface area (TPSA) is 134 Å². The second-order valence-corrected chi connectivity index (χ2v) is 13.3. The molecule has 0 bridgehead atoms. The smallest absolute Gasteiger partial charge is 0.408 e. The Morgan fingerprint density at radius 2 is 1.58 bits per heavy atom. The van der Waals surface area contributed by atoms with Crippen LogP contribution in [0.25, 0.3) is 0 Å². The average Bonchev–Trinajstić information content (AvgIpc) is 3.11. The van der Waals surface area contributed by atoms with E-state index in [-0.39, 0.29) is 23.2 Å². The Morgan fingerprint density at radius 1 is 0.974 bits per heavy atom. The van der Waals surface area contributed by atoms with Crippen molar-refractivity contribution in [3.05, 3.63) is 0 Å². The van der Waals surface area contributed by atoms with E-state index in [2.05, 4.69) is 29.8 Å². The molecule has 1 saturated heterocycles. The molecule has 38 heavy (non-hydrogen) atoms. The predicted octanol–water partition coefficient (Wildman–Crippen LogP) is 2.79. The van der Waals surface area contributed by atoms with Gasteiger partial charge in [-0.2, -0.15) is 0 Å². The Balaban J connectivity index is 2.29. The molecular weight excluding hydrogens is 488 g/mol. The lowest BCUT2D eigenvalue weighted by atomic mass is 9.85. The van der Waals surface area contributed by atoms with Crippen molar-refractivity contribution in [2.45, 2.75) is 112 Å². The summed E-state index contributed by atoms with van der Waals surface area (Å²) in [6.45, 7) is 19.4. The van der Waals surface area contributed by atoms with E-state index in [0.717, 1.165) is 0 Å². The first-order valence-electron chi connectivity index (χ1n) is 13.8. The molecule has 1 heterocycles. The maximum absolute atomic E-state index is 13.9. The molecule has 3 N–H and O–H groups in total. The lowest BCUT2D eigenvalue weighted by molar-refractivity contribution is -0.145. The fraction of sp³-hybridized carbons (Fsp3) is 0.821. The van der Waals surface area contributed by atoms with Gasteiger partial charge in [0.1, 0.15) is 17.7 Å². The van der Waals surface area contributed by atoms with Gasteiger partial charge < -0.3 is 25.6 Å². The number of rotatable bonds is 10. The maximum atomic E-state index is 13.9. The molecule has 0 aromatic carbocycles. The zero-order chi connectivity index (χ0) is 29.2. The Bertz CT molecular complexity index is 933. The van der Waals surface area contributed by atoms with Crippen LogP contribution in [0.15, 0.2) is 0 Å². The van der Waals surface area contributed by atoms with Gasteiger partial charge in [-0.05, 0) is 56.3 Å². The molecule has 0 aromatic rings. The molecule has 4 amide bonds. The zero-order valence-corrected chi connectivity index (χ0v) is 24.8. The van der Waals surface area contributed by atoms with Gasteiger partial charge in [0.25, 0.3) is 5.91 Å². The van der Waals surface area contributed by atoms with E-state index in [0.29, 0.717) is 32.4 Å². The van der Waals surface area contributed by atoms with Crippen molar-refractivity contribution in [1.82, 2.24) is 20.9 Å². The van der Waals surface area contributed by atoms with Crippen molar-refractivity contribution in [1.29, 1.82) is 0 Å². The molecule has 10 nitrogen and oxygen atoms in total. The van der Waals surface area contributed by atoms with Gasteiger partial charge in [0.15, 0.2) is 0 Å². The number of nitrogens with one attached hydrogen (secondary N) is 3. The number of nitrogens with zero attached hydrogens (tertiary/aromatic N) is 1. The van der Waals surface area contributed by atoms with Crippen LogP contribution in [0.4, 0.5) is 4.79 Å². The molecule has 1 aliphatic carbocycles. The second kappa shape index (κ2) is 11.6. The number of carbonyl (C=O) groups is 5. The molecule has 1 unspecified atom stereocenters. The summed E-state index contributed by atoms with van der Waals surface area (Å²) in [5, 5.41) is 8.09. The first-order valence-corrected chi connectivity index (χ1v) is 13.8. The molecule has 0 spiro atoms. The van der Waals surface area contributed by atoms with Gasteiger partial charge in [-0.1, -0.05) is 54.9 Å². The molecule has 5 atom stereocenters. The van der Waals surface area contributed by atoms with E-state index in [1.54, 1.807) is 20.8 Å². The van der Waals surface area contributed by atoms with Crippen molar-refractivity contribution in [3.8, 4) is 0 Å². The van der Waals surface area contributed by atoms with Crippen LogP contribution in [0, 0.1) is 22.7 Å². The van der Waals surface area contributed by atoms with Gasteiger partial charge in [0.05, 0.1) is 6.04 Å². The van der Waals surface area contributed by atoms with Crippen LogP contribution in [0.1, 0.15) is 88.5 Å². The molecule has 2 rings (SSSR count). The maximum Gasteiger partial charge on any atom is 0.408 e. The molecular formula is C28H48N4O6. The average molecular weight is 537 g/mol. The van der Waals surface area contributed by atoms with E-state index < -0.39 is 52.8 Å². The van der Waals surface area contributed by atoms with Crippen LogP contribution in [0.5, 0.6) is 0 Å². The number of likely N-dealkylation sites (tertiary alicyclic amines) is 1. The summed E-state index contributed by atoms with van der Waals surface area (Å²) in [6, 6.07) is -2.71. The highest BCUT2D eigenvalue weighted by Gasteiger charge is 2.69. The van der Waals surface area contributed by atoms with E-state index in [1.165, 1.54) is 4.90 Å². The van der Waals surface area contributed by atoms with Gasteiger partial charge in [-0.15, -0.1) is 0 Å². The third-order valence-corrected chi connectivity index (χ3v) is 7.50. The highest BCUT2D eigenvalue weighted by molar-refractivity contribution is 6.38. The molecule has 1 aliphatic heterocycles. The number of hydrogen-bond acceptors (Lipinski definition) is 6.